The summed E-state index contributed by atoms with van der Waals surface area (Å²) >= 11 is 0. The minimum absolute atomic E-state index is 0.0379. The maximum absolute atomic E-state index is 13.6. The molecule has 9 nitrogen and oxygen atoms in total. The van der Waals surface area contributed by atoms with Crippen molar-refractivity contribution in [3.63, 3.8) is 0 Å². The molecule has 0 aromatic heterocycles. The fraction of sp³-hybridized carbons (Fsp3) is 0.919. The summed E-state index contributed by atoms with van der Waals surface area (Å²) < 4.78 is 18.6. The average Bonchev–Trinajstić information content (AvgIpc) is 2.83. The van der Waals surface area contributed by atoms with E-state index >= 15 is 0 Å². The highest BCUT2D eigenvalue weighted by atomic mass is 16.6. The van der Waals surface area contributed by atoms with Gasteiger partial charge in [0.05, 0.1) is 17.8 Å². The molecule has 0 bridgehead atoms. The van der Waals surface area contributed by atoms with Crippen molar-refractivity contribution in [2.24, 2.45) is 28.6 Å². The van der Waals surface area contributed by atoms with Gasteiger partial charge in [0.25, 0.3) is 0 Å². The van der Waals surface area contributed by atoms with Crippen molar-refractivity contribution >= 4 is 17.9 Å². The highest BCUT2D eigenvalue weighted by Crippen LogP contribution is 2.49. The van der Waals surface area contributed by atoms with Crippen molar-refractivity contribution < 1.29 is 33.8 Å². The summed E-state index contributed by atoms with van der Waals surface area (Å²) in [5.41, 5.74) is -1.52. The van der Waals surface area contributed by atoms with E-state index in [-0.39, 0.29) is 57.6 Å². The van der Waals surface area contributed by atoms with Crippen LogP contribution in [0.2, 0.25) is 0 Å². The van der Waals surface area contributed by atoms with Crippen molar-refractivity contribution in [1.29, 1.82) is 0 Å². The number of hydrogen-bond acceptors (Lipinski definition) is 9. The zero-order valence-electron chi connectivity index (χ0n) is 30.9. The van der Waals surface area contributed by atoms with E-state index < -0.39 is 29.4 Å². The van der Waals surface area contributed by atoms with Crippen LogP contribution in [0, 0.1) is 28.6 Å². The molecule has 4 aliphatic rings. The number of esters is 3. The van der Waals surface area contributed by atoms with E-state index in [1.807, 2.05) is 27.7 Å². The Morgan fingerprint density at radius 1 is 0.543 bits per heavy atom. The van der Waals surface area contributed by atoms with Crippen LogP contribution in [0.15, 0.2) is 0 Å². The lowest BCUT2D eigenvalue weighted by Gasteiger charge is -2.51. The molecule has 2 aliphatic heterocycles. The van der Waals surface area contributed by atoms with Crippen molar-refractivity contribution in [1.82, 2.24) is 10.4 Å². The molecule has 9 heteroatoms. The molecule has 2 saturated carbocycles. The van der Waals surface area contributed by atoms with Gasteiger partial charge in [0.1, 0.15) is 18.3 Å². The van der Waals surface area contributed by atoms with Crippen molar-refractivity contribution in [2.45, 2.75) is 188 Å². The van der Waals surface area contributed by atoms with Crippen LogP contribution in [-0.4, -0.2) is 68.6 Å². The second kappa shape index (κ2) is 12.6. The molecule has 4 fully saturated rings. The molecule has 2 heterocycles. The smallest absolute Gasteiger partial charge is 0.309 e. The second-order valence-corrected chi connectivity index (χ2v) is 19.5. The normalized spacial score (nSPS) is 32.7. The zero-order chi connectivity index (χ0) is 34.7. The van der Waals surface area contributed by atoms with Gasteiger partial charge in [0, 0.05) is 41.4 Å². The first-order valence-corrected chi connectivity index (χ1v) is 17.7. The number of nitrogens with one attached hydrogen (secondary N) is 1. The number of ether oxygens (including phenoxy) is 3. The largest absolute Gasteiger partial charge is 0.462 e. The van der Waals surface area contributed by atoms with Crippen LogP contribution in [0.5, 0.6) is 0 Å². The zero-order valence-corrected chi connectivity index (χ0v) is 30.9. The summed E-state index contributed by atoms with van der Waals surface area (Å²) in [5.74, 6) is -1.59. The molecule has 264 valence electrons. The monoisotopic (exact) mass is 648 g/mol. The Bertz CT molecular complexity index is 1050. The Labute approximate surface area is 278 Å². The molecule has 0 aromatic rings. The first kappa shape index (κ1) is 37.1. The quantitative estimate of drug-likeness (QED) is 0.233. The molecule has 2 saturated heterocycles. The van der Waals surface area contributed by atoms with Gasteiger partial charge in [-0.2, -0.15) is 5.06 Å². The summed E-state index contributed by atoms with van der Waals surface area (Å²) in [4.78, 5) is 40.9. The van der Waals surface area contributed by atoms with Gasteiger partial charge < -0.3 is 24.7 Å². The minimum atomic E-state index is -0.591. The fourth-order valence-electron chi connectivity index (χ4n) is 10.2. The number of carbonyl (C=O) groups excluding carboxylic acids is 3. The maximum Gasteiger partial charge on any atom is 0.309 e. The summed E-state index contributed by atoms with van der Waals surface area (Å²) in [6.07, 6.45) is 4.42. The molecule has 3 atom stereocenters. The SMILES string of the molecule is CC1(C)CC(C(=O)OC2CC(OC(=O)C3CC(C)(C)NC(C)(C)C3)CC(OC(=O)C3CC(C)(C)N(O)C(C)(C)C3)C2)CC(C)(C)C1. The predicted molar refractivity (Wildman–Crippen MR) is 177 cm³/mol. The van der Waals surface area contributed by atoms with Crippen LogP contribution in [0.1, 0.15) is 147 Å². The van der Waals surface area contributed by atoms with Crippen LogP contribution in [-0.2, 0) is 28.6 Å². The van der Waals surface area contributed by atoms with E-state index in [4.69, 9.17) is 14.2 Å². The number of piperidine rings is 2. The van der Waals surface area contributed by atoms with Gasteiger partial charge in [0.2, 0.25) is 0 Å². The Hall–Kier alpha value is -1.71. The van der Waals surface area contributed by atoms with Crippen molar-refractivity contribution in [3.05, 3.63) is 0 Å². The highest BCUT2D eigenvalue weighted by molar-refractivity contribution is 5.74. The Morgan fingerprint density at radius 2 is 0.848 bits per heavy atom. The van der Waals surface area contributed by atoms with Crippen LogP contribution in [0.4, 0.5) is 0 Å². The van der Waals surface area contributed by atoms with E-state index in [1.54, 1.807) is 0 Å². The number of carbonyl (C=O) groups is 3. The van der Waals surface area contributed by atoms with E-state index in [0.29, 0.717) is 44.9 Å². The van der Waals surface area contributed by atoms with Crippen LogP contribution >= 0.6 is 0 Å². The molecule has 2 N–H and O–H groups in total. The molecule has 2 aliphatic carbocycles. The molecular formula is C37H64N2O7. The van der Waals surface area contributed by atoms with Gasteiger partial charge in [0.15, 0.2) is 0 Å². The number of rotatable bonds is 6. The molecule has 0 amide bonds. The Morgan fingerprint density at radius 3 is 1.20 bits per heavy atom. The third kappa shape index (κ3) is 9.25. The number of hydroxylamine groups is 2. The van der Waals surface area contributed by atoms with Crippen molar-refractivity contribution in [2.75, 3.05) is 0 Å². The molecule has 46 heavy (non-hydrogen) atoms. The number of nitrogens with zero attached hydrogens (tertiary/aromatic N) is 1. The number of hydrogen-bond donors (Lipinski definition) is 2. The van der Waals surface area contributed by atoms with E-state index in [1.165, 1.54) is 5.06 Å². The third-order valence-corrected chi connectivity index (χ3v) is 10.8. The van der Waals surface area contributed by atoms with E-state index in [9.17, 15) is 19.6 Å². The molecule has 3 unspecified atom stereocenters. The standard InChI is InChI=1S/C37H64N2O7/c1-32(2)16-23(17-33(3,4)22-32)29(40)44-26-13-27(45-30(41)24-18-34(5,6)38-35(7,8)19-24)15-28(14-26)46-31(42)25-20-36(9,10)39(43)37(11,12)21-25/h23-28,38,43H,13-22H2,1-12H3. The summed E-state index contributed by atoms with van der Waals surface area (Å²) in [5, 5.41) is 15.7. The van der Waals surface area contributed by atoms with Crippen LogP contribution in [0.3, 0.4) is 0 Å². The lowest BCUT2D eigenvalue weighted by Crippen LogP contribution is -2.60. The summed E-state index contributed by atoms with van der Waals surface area (Å²) in [6.45, 7) is 25.0. The minimum Gasteiger partial charge on any atom is -0.462 e. The van der Waals surface area contributed by atoms with Gasteiger partial charge in [-0.1, -0.05) is 27.7 Å². The van der Waals surface area contributed by atoms with Gasteiger partial charge >= 0.3 is 17.9 Å². The topological polar surface area (TPSA) is 114 Å². The highest BCUT2D eigenvalue weighted by Gasteiger charge is 2.49. The van der Waals surface area contributed by atoms with E-state index in [0.717, 1.165) is 19.3 Å². The predicted octanol–water partition coefficient (Wildman–Crippen LogP) is 6.97. The maximum atomic E-state index is 13.6. The summed E-state index contributed by atoms with van der Waals surface area (Å²) in [6, 6.07) is 0. The summed E-state index contributed by atoms with van der Waals surface area (Å²) in [7, 11) is 0. The molecule has 4 rings (SSSR count). The van der Waals surface area contributed by atoms with Gasteiger partial charge in [-0.25, -0.2) is 0 Å². The van der Waals surface area contributed by atoms with Crippen molar-refractivity contribution in [3.8, 4) is 0 Å². The second-order valence-electron chi connectivity index (χ2n) is 19.5. The lowest BCUT2D eigenvalue weighted by molar-refractivity contribution is -0.252. The fourth-order valence-corrected chi connectivity index (χ4v) is 10.2. The first-order chi connectivity index (χ1) is 20.8. The Kier molecular flexibility index (Phi) is 10.2. The van der Waals surface area contributed by atoms with Crippen LogP contribution in [0.25, 0.3) is 0 Å². The van der Waals surface area contributed by atoms with Gasteiger partial charge in [-0.05, 0) is 111 Å². The Balaban J connectivity index is 1.49. The van der Waals surface area contributed by atoms with Crippen LogP contribution < -0.4 is 5.32 Å². The molecular weight excluding hydrogens is 584 g/mol. The first-order valence-electron chi connectivity index (χ1n) is 17.7. The molecule has 0 radical (unpaired) electrons. The van der Waals surface area contributed by atoms with E-state index in [2.05, 4.69) is 60.7 Å². The third-order valence-electron chi connectivity index (χ3n) is 10.8. The lowest BCUT2D eigenvalue weighted by atomic mass is 9.61. The molecule has 0 aromatic carbocycles. The molecule has 0 spiro atoms. The van der Waals surface area contributed by atoms with Gasteiger partial charge in [-0.15, -0.1) is 0 Å². The average molecular weight is 649 g/mol. The van der Waals surface area contributed by atoms with Gasteiger partial charge in [-0.3, -0.25) is 14.4 Å².